The Kier molecular flexibility index (Phi) is 7.11. The van der Waals surface area contributed by atoms with Crippen molar-refractivity contribution in [2.45, 2.75) is 115 Å². The summed E-state index contributed by atoms with van der Waals surface area (Å²) in [6.07, 6.45) is 3.92. The highest BCUT2D eigenvalue weighted by atomic mass is 16.8. The number of fused-ring (bicyclic) bond motifs is 6. The van der Waals surface area contributed by atoms with E-state index in [1.807, 2.05) is 0 Å². The highest BCUT2D eigenvalue weighted by Crippen LogP contribution is 2.57. The number of rotatable bonds is 8. The zero-order valence-electron chi connectivity index (χ0n) is 20.0. The lowest BCUT2D eigenvalue weighted by Gasteiger charge is -2.67. The van der Waals surface area contributed by atoms with Crippen molar-refractivity contribution in [1.29, 1.82) is 0 Å². The molecule has 0 aromatic heterocycles. The van der Waals surface area contributed by atoms with Crippen LogP contribution in [0.1, 0.15) is 73.6 Å². The van der Waals surface area contributed by atoms with Crippen molar-refractivity contribution >= 4 is 11.9 Å². The van der Waals surface area contributed by atoms with Gasteiger partial charge in [0.2, 0.25) is 5.79 Å². The monoisotopic (exact) mass is 454 g/mol. The maximum atomic E-state index is 12.6. The van der Waals surface area contributed by atoms with E-state index in [9.17, 15) is 19.8 Å². The summed E-state index contributed by atoms with van der Waals surface area (Å²) < 4.78 is 23.9. The van der Waals surface area contributed by atoms with Gasteiger partial charge in [-0.05, 0) is 33.3 Å². The maximum absolute atomic E-state index is 12.6. The minimum Gasteiger partial charge on any atom is -0.455 e. The first-order chi connectivity index (χ1) is 14.9. The van der Waals surface area contributed by atoms with Crippen LogP contribution in [0.4, 0.5) is 0 Å². The van der Waals surface area contributed by atoms with E-state index in [1.54, 1.807) is 34.6 Å². The summed E-state index contributed by atoms with van der Waals surface area (Å²) in [5.74, 6) is -3.72. The summed E-state index contributed by atoms with van der Waals surface area (Å²) in [5, 5.41) is 21.2. The average molecular weight is 455 g/mol. The molecule has 0 spiro atoms. The normalized spacial score (nSPS) is 44.2. The van der Waals surface area contributed by atoms with Crippen LogP contribution in [0, 0.1) is 11.8 Å². The van der Waals surface area contributed by atoms with Crippen LogP contribution in [0.25, 0.3) is 0 Å². The molecular weight excluding hydrogens is 416 g/mol. The Bertz CT molecular complexity index is 752. The Balaban J connectivity index is 1.77. The Morgan fingerprint density at radius 2 is 1.91 bits per heavy atom. The number of unbranched alkanes of at least 4 members (excludes halogenated alkanes) is 3. The zero-order valence-corrected chi connectivity index (χ0v) is 20.0. The van der Waals surface area contributed by atoms with Crippen LogP contribution >= 0.6 is 0 Å². The Labute approximate surface area is 190 Å². The number of esters is 2. The molecule has 9 atom stereocenters. The van der Waals surface area contributed by atoms with Crippen molar-refractivity contribution in [3.8, 4) is 0 Å². The molecular formula is C24H38O8. The fourth-order valence-corrected chi connectivity index (χ4v) is 5.40. The lowest BCUT2D eigenvalue weighted by molar-refractivity contribution is -0.470. The first kappa shape index (κ1) is 25.1. The third-order valence-corrected chi connectivity index (χ3v) is 7.53. The second-order valence-corrected chi connectivity index (χ2v) is 10.0. The molecule has 3 heterocycles. The lowest BCUT2D eigenvalue weighted by Crippen LogP contribution is -2.83. The average Bonchev–Trinajstić information content (AvgIpc) is 2.73. The zero-order chi connectivity index (χ0) is 23.9. The van der Waals surface area contributed by atoms with Gasteiger partial charge in [0.15, 0.2) is 5.60 Å². The molecule has 0 radical (unpaired) electrons. The van der Waals surface area contributed by atoms with Crippen molar-refractivity contribution in [2.75, 3.05) is 0 Å². The maximum Gasteiger partial charge on any atom is 0.330 e. The van der Waals surface area contributed by atoms with Crippen molar-refractivity contribution < 1.29 is 38.7 Å². The van der Waals surface area contributed by atoms with E-state index in [2.05, 4.69) is 6.92 Å². The lowest BCUT2D eigenvalue weighted by atomic mass is 9.66. The highest BCUT2D eigenvalue weighted by molar-refractivity contribution is 5.82. The molecule has 4 bridgehead atoms. The molecule has 2 N–H and O–H groups in total. The molecule has 8 heteroatoms. The number of hydrogen-bond acceptors (Lipinski definition) is 8. The van der Waals surface area contributed by atoms with Gasteiger partial charge in [-0.3, -0.25) is 4.79 Å². The Hall–Kier alpha value is -1.48. The quantitative estimate of drug-likeness (QED) is 0.327. The van der Waals surface area contributed by atoms with Gasteiger partial charge in [-0.1, -0.05) is 39.5 Å². The standard InChI is InChI=1S/C24H38O8/c1-7-8-9-10-11-16(25)12-13-17(26)29-20-14(2)18(27)22(4)19-15(3)21(28)31-24(6,30-19)23(20,5)32-22/h12-16,18-20,25,27H,7-11H2,1-6H3/b13-12+/t14-,15+,16?,18-,19-,20+,22-,23+,24+/m0/s1. The minimum absolute atomic E-state index is 0.442. The summed E-state index contributed by atoms with van der Waals surface area (Å²) in [7, 11) is 0. The predicted molar refractivity (Wildman–Crippen MR) is 115 cm³/mol. The van der Waals surface area contributed by atoms with Crippen LogP contribution in [0.2, 0.25) is 0 Å². The smallest absolute Gasteiger partial charge is 0.330 e. The van der Waals surface area contributed by atoms with Gasteiger partial charge in [-0.2, -0.15) is 0 Å². The number of carbonyl (C=O) groups excluding carboxylic acids is 2. The first-order valence-electron chi connectivity index (χ1n) is 11.8. The number of aliphatic hydroxyl groups excluding tert-OH is 2. The highest BCUT2D eigenvalue weighted by Gasteiger charge is 2.75. The molecule has 3 saturated heterocycles. The summed E-state index contributed by atoms with van der Waals surface area (Å²) in [4.78, 5) is 25.2. The van der Waals surface area contributed by atoms with E-state index in [-0.39, 0.29) is 0 Å². The SMILES string of the molecule is CCCCCCC(O)/C=C/C(=O)O[C@@H]1[C@@H](C)[C@H](O)[C@]2(C)O[C@@]1(C)[C@@]1(C)OC(=O)[C@H](C)[C@@H]2O1. The molecule has 3 fully saturated rings. The fourth-order valence-electron chi connectivity index (χ4n) is 5.40. The van der Waals surface area contributed by atoms with Gasteiger partial charge < -0.3 is 29.2 Å². The van der Waals surface area contributed by atoms with E-state index in [0.717, 1.165) is 25.7 Å². The summed E-state index contributed by atoms with van der Waals surface area (Å²) >= 11 is 0. The third kappa shape index (κ3) is 4.11. The second-order valence-electron chi connectivity index (χ2n) is 10.0. The van der Waals surface area contributed by atoms with E-state index >= 15 is 0 Å². The Morgan fingerprint density at radius 3 is 2.56 bits per heavy atom. The van der Waals surface area contributed by atoms with Crippen molar-refractivity contribution in [3.05, 3.63) is 12.2 Å². The van der Waals surface area contributed by atoms with Crippen LogP contribution in [-0.4, -0.2) is 63.6 Å². The predicted octanol–water partition coefficient (Wildman–Crippen LogP) is 2.64. The molecule has 0 aromatic rings. The molecule has 0 saturated carbocycles. The molecule has 32 heavy (non-hydrogen) atoms. The van der Waals surface area contributed by atoms with Gasteiger partial charge >= 0.3 is 11.9 Å². The number of aliphatic hydroxyl groups is 2. The Morgan fingerprint density at radius 1 is 1.22 bits per heavy atom. The molecule has 182 valence electrons. The van der Waals surface area contributed by atoms with Crippen molar-refractivity contribution in [1.82, 2.24) is 0 Å². The molecule has 8 nitrogen and oxygen atoms in total. The van der Waals surface area contributed by atoms with E-state index in [0.29, 0.717) is 6.42 Å². The molecule has 1 unspecified atom stereocenters. The van der Waals surface area contributed by atoms with Gasteiger partial charge in [-0.15, -0.1) is 0 Å². The number of carbonyl (C=O) groups is 2. The fraction of sp³-hybridized carbons (Fsp3) is 0.833. The molecule has 3 aliphatic rings. The molecule has 3 aliphatic heterocycles. The van der Waals surface area contributed by atoms with E-state index < -0.39 is 65.2 Å². The third-order valence-electron chi connectivity index (χ3n) is 7.53. The van der Waals surface area contributed by atoms with Crippen molar-refractivity contribution in [3.63, 3.8) is 0 Å². The molecule has 0 aromatic carbocycles. The second kappa shape index (κ2) is 9.05. The van der Waals surface area contributed by atoms with Crippen LogP contribution in [0.3, 0.4) is 0 Å². The molecule has 3 rings (SSSR count). The van der Waals surface area contributed by atoms with Crippen LogP contribution in [0.5, 0.6) is 0 Å². The van der Waals surface area contributed by atoms with E-state index in [1.165, 1.54) is 12.2 Å². The minimum atomic E-state index is -1.48. The van der Waals surface area contributed by atoms with Crippen LogP contribution in [0.15, 0.2) is 12.2 Å². The van der Waals surface area contributed by atoms with Gasteiger partial charge in [0.05, 0.1) is 18.1 Å². The first-order valence-corrected chi connectivity index (χ1v) is 11.8. The molecule has 0 amide bonds. The van der Waals surface area contributed by atoms with Crippen molar-refractivity contribution in [2.24, 2.45) is 11.8 Å². The van der Waals surface area contributed by atoms with E-state index in [4.69, 9.17) is 18.9 Å². The number of hydrogen-bond donors (Lipinski definition) is 2. The van der Waals surface area contributed by atoms with Gasteiger partial charge in [0.25, 0.3) is 0 Å². The molecule has 0 aliphatic carbocycles. The van der Waals surface area contributed by atoms with Gasteiger partial charge in [-0.25, -0.2) is 4.79 Å². The summed E-state index contributed by atoms with van der Waals surface area (Å²) in [5.41, 5.74) is -2.51. The van der Waals surface area contributed by atoms with Crippen LogP contribution < -0.4 is 0 Å². The van der Waals surface area contributed by atoms with Gasteiger partial charge in [0, 0.05) is 18.9 Å². The largest absolute Gasteiger partial charge is 0.455 e. The van der Waals surface area contributed by atoms with Crippen LogP contribution in [-0.2, 0) is 28.5 Å². The summed E-state index contributed by atoms with van der Waals surface area (Å²) in [6, 6.07) is 0. The number of ether oxygens (including phenoxy) is 4. The van der Waals surface area contributed by atoms with Gasteiger partial charge in [0.1, 0.15) is 17.8 Å². The topological polar surface area (TPSA) is 112 Å². The summed E-state index contributed by atoms with van der Waals surface area (Å²) in [6.45, 7) is 10.6.